The third-order valence-corrected chi connectivity index (χ3v) is 4.46. The first-order valence-corrected chi connectivity index (χ1v) is 9.24. The van der Waals surface area contributed by atoms with Crippen LogP contribution in [0.5, 0.6) is 0 Å². The average Bonchev–Trinajstić information content (AvgIpc) is 3.30. The van der Waals surface area contributed by atoms with Gasteiger partial charge in [0, 0.05) is 17.4 Å². The van der Waals surface area contributed by atoms with Gasteiger partial charge >= 0.3 is 0 Å². The number of nitrogens with zero attached hydrogens (tertiary/aromatic N) is 3. The minimum Gasteiger partial charge on any atom is -0.360 e. The molecule has 0 bridgehead atoms. The summed E-state index contributed by atoms with van der Waals surface area (Å²) in [6.45, 7) is 3.93. The van der Waals surface area contributed by atoms with Crippen LogP contribution in [0.3, 0.4) is 0 Å². The van der Waals surface area contributed by atoms with Gasteiger partial charge < -0.3 is 10.6 Å². The number of aliphatic imine (C=N–C) groups is 1. The van der Waals surface area contributed by atoms with Crippen LogP contribution in [0.2, 0.25) is 0 Å². The molecule has 0 amide bonds. The van der Waals surface area contributed by atoms with Gasteiger partial charge in [0.05, 0.1) is 6.04 Å². The molecule has 2 aliphatic rings. The number of rotatable bonds is 3. The van der Waals surface area contributed by atoms with Gasteiger partial charge in [0.25, 0.3) is 0 Å². The van der Waals surface area contributed by atoms with Gasteiger partial charge in [0.2, 0.25) is 11.9 Å². The first-order valence-electron chi connectivity index (χ1n) is 8.83. The van der Waals surface area contributed by atoms with E-state index in [9.17, 15) is 0 Å². The predicted octanol–water partition coefficient (Wildman–Crippen LogP) is 2.82. The zero-order valence-corrected chi connectivity index (χ0v) is 15.2. The SMILES string of the molecule is Cc1cc(C)nc(NC(=NC2CCCCC2)NC(=S)NC2CC2)n1. The lowest BCUT2D eigenvalue weighted by molar-refractivity contribution is 0.443. The van der Waals surface area contributed by atoms with Crippen LogP contribution in [0.15, 0.2) is 11.1 Å². The Kier molecular flexibility index (Phi) is 5.60. The molecule has 0 aliphatic heterocycles. The van der Waals surface area contributed by atoms with Crippen molar-refractivity contribution in [1.82, 2.24) is 20.6 Å². The molecule has 24 heavy (non-hydrogen) atoms. The topological polar surface area (TPSA) is 74.2 Å². The van der Waals surface area contributed by atoms with Crippen LogP contribution in [0.4, 0.5) is 5.95 Å². The van der Waals surface area contributed by atoms with E-state index in [0.29, 0.717) is 29.1 Å². The largest absolute Gasteiger partial charge is 0.360 e. The number of hydrogen-bond donors (Lipinski definition) is 3. The summed E-state index contributed by atoms with van der Waals surface area (Å²) in [5.41, 5.74) is 1.86. The van der Waals surface area contributed by atoms with Gasteiger partial charge in [-0.1, -0.05) is 19.3 Å². The Morgan fingerprint density at radius 2 is 1.75 bits per heavy atom. The highest BCUT2D eigenvalue weighted by Gasteiger charge is 2.22. The molecular weight excluding hydrogens is 320 g/mol. The normalized spacial score (nSPS) is 19.0. The third kappa shape index (κ3) is 5.40. The molecule has 2 aliphatic carbocycles. The molecule has 1 aromatic heterocycles. The van der Waals surface area contributed by atoms with E-state index in [4.69, 9.17) is 17.2 Å². The van der Waals surface area contributed by atoms with Crippen LogP contribution in [0, 0.1) is 13.8 Å². The van der Waals surface area contributed by atoms with Crippen LogP contribution in [0.25, 0.3) is 0 Å². The molecule has 3 rings (SSSR count). The highest BCUT2D eigenvalue weighted by Crippen LogP contribution is 2.20. The summed E-state index contributed by atoms with van der Waals surface area (Å²) >= 11 is 5.40. The first kappa shape index (κ1) is 17.1. The molecule has 0 unspecified atom stereocenters. The van der Waals surface area contributed by atoms with Crippen LogP contribution >= 0.6 is 12.2 Å². The smallest absolute Gasteiger partial charge is 0.229 e. The molecule has 1 heterocycles. The fraction of sp³-hybridized carbons (Fsp3) is 0.647. The summed E-state index contributed by atoms with van der Waals surface area (Å²) in [6, 6.07) is 2.80. The molecule has 0 aromatic carbocycles. The van der Waals surface area contributed by atoms with Gasteiger partial charge in [-0.15, -0.1) is 0 Å². The Bertz CT molecular complexity index is 599. The lowest BCUT2D eigenvalue weighted by Gasteiger charge is -2.20. The third-order valence-electron chi connectivity index (χ3n) is 4.24. The van der Waals surface area contributed by atoms with Crippen molar-refractivity contribution in [3.63, 3.8) is 0 Å². The molecule has 3 N–H and O–H groups in total. The van der Waals surface area contributed by atoms with Gasteiger partial charge in [-0.2, -0.15) is 0 Å². The zero-order chi connectivity index (χ0) is 16.9. The number of anilines is 1. The summed E-state index contributed by atoms with van der Waals surface area (Å²) < 4.78 is 0. The highest BCUT2D eigenvalue weighted by atomic mass is 32.1. The van der Waals surface area contributed by atoms with Crippen molar-refractivity contribution in [1.29, 1.82) is 0 Å². The van der Waals surface area contributed by atoms with E-state index in [1.807, 2.05) is 19.9 Å². The average molecular weight is 347 g/mol. The summed E-state index contributed by atoms with van der Waals surface area (Å²) in [5, 5.41) is 10.3. The van der Waals surface area contributed by atoms with E-state index < -0.39 is 0 Å². The predicted molar refractivity (Wildman–Crippen MR) is 101 cm³/mol. The Morgan fingerprint density at radius 1 is 1.08 bits per heavy atom. The van der Waals surface area contributed by atoms with Crippen LogP contribution in [-0.2, 0) is 0 Å². The minimum atomic E-state index is 0.336. The Hall–Kier alpha value is -1.76. The lowest BCUT2D eigenvalue weighted by Crippen LogP contribution is -2.44. The molecule has 0 radical (unpaired) electrons. The van der Waals surface area contributed by atoms with E-state index in [0.717, 1.165) is 24.2 Å². The zero-order valence-electron chi connectivity index (χ0n) is 14.4. The Labute approximate surface area is 149 Å². The molecule has 7 heteroatoms. The second-order valence-corrected chi connectivity index (χ2v) is 7.15. The second kappa shape index (κ2) is 7.88. The molecule has 1 aromatic rings. The van der Waals surface area contributed by atoms with E-state index in [1.54, 1.807) is 0 Å². The van der Waals surface area contributed by atoms with Crippen molar-refractivity contribution in [2.24, 2.45) is 4.99 Å². The van der Waals surface area contributed by atoms with Crippen molar-refractivity contribution in [2.45, 2.75) is 70.9 Å². The lowest BCUT2D eigenvalue weighted by atomic mass is 9.96. The van der Waals surface area contributed by atoms with Gasteiger partial charge in [0.15, 0.2) is 5.11 Å². The van der Waals surface area contributed by atoms with E-state index in [1.165, 1.54) is 32.1 Å². The van der Waals surface area contributed by atoms with Crippen molar-refractivity contribution in [3.05, 3.63) is 17.5 Å². The fourth-order valence-corrected chi connectivity index (χ4v) is 3.20. The molecule has 130 valence electrons. The highest BCUT2D eigenvalue weighted by molar-refractivity contribution is 7.80. The minimum absolute atomic E-state index is 0.336. The van der Waals surface area contributed by atoms with Gasteiger partial charge in [-0.05, 0) is 57.8 Å². The number of nitrogens with one attached hydrogen (secondary N) is 3. The Balaban J connectivity index is 1.71. The molecule has 2 fully saturated rings. The molecule has 6 nitrogen and oxygen atoms in total. The van der Waals surface area contributed by atoms with E-state index in [2.05, 4.69) is 25.9 Å². The monoisotopic (exact) mass is 346 g/mol. The van der Waals surface area contributed by atoms with Gasteiger partial charge in [0.1, 0.15) is 0 Å². The van der Waals surface area contributed by atoms with Gasteiger partial charge in [-0.25, -0.2) is 15.0 Å². The first-order chi connectivity index (χ1) is 11.6. The standard InChI is InChI=1S/C17H26N6S/c1-11-10-12(2)19-15(18-11)22-16(20-13-6-4-3-5-7-13)23-17(24)21-14-8-9-14/h10,13-14H,3-9H2,1-2H3,(H3,18,19,20,21,22,23,24). The van der Waals surface area contributed by atoms with E-state index >= 15 is 0 Å². The van der Waals surface area contributed by atoms with Crippen molar-refractivity contribution in [3.8, 4) is 0 Å². The maximum atomic E-state index is 5.40. The van der Waals surface area contributed by atoms with Crippen molar-refractivity contribution >= 4 is 29.2 Å². The van der Waals surface area contributed by atoms with Crippen LogP contribution in [0.1, 0.15) is 56.3 Å². The van der Waals surface area contributed by atoms with Crippen molar-refractivity contribution in [2.75, 3.05) is 5.32 Å². The number of aryl methyl sites for hydroxylation is 2. The molecular formula is C17H26N6S. The van der Waals surface area contributed by atoms with Crippen LogP contribution < -0.4 is 16.0 Å². The van der Waals surface area contributed by atoms with E-state index in [-0.39, 0.29) is 0 Å². The molecule has 0 saturated heterocycles. The summed E-state index contributed by atoms with van der Waals surface area (Å²) in [4.78, 5) is 13.7. The number of guanidine groups is 1. The number of aromatic nitrogens is 2. The molecule has 0 spiro atoms. The Morgan fingerprint density at radius 3 is 2.38 bits per heavy atom. The van der Waals surface area contributed by atoms with Gasteiger partial charge in [-0.3, -0.25) is 5.32 Å². The van der Waals surface area contributed by atoms with Crippen molar-refractivity contribution < 1.29 is 0 Å². The quantitative estimate of drug-likeness (QED) is 0.444. The number of hydrogen-bond acceptors (Lipinski definition) is 4. The maximum absolute atomic E-state index is 5.40. The summed E-state index contributed by atoms with van der Waals surface area (Å²) in [7, 11) is 0. The maximum Gasteiger partial charge on any atom is 0.229 e. The fourth-order valence-electron chi connectivity index (χ4n) is 2.93. The van der Waals surface area contributed by atoms with Crippen LogP contribution in [-0.4, -0.2) is 33.1 Å². The summed E-state index contributed by atoms with van der Waals surface area (Å²) in [6.07, 6.45) is 8.42. The number of thiocarbonyl (C=S) groups is 1. The second-order valence-electron chi connectivity index (χ2n) is 6.74. The summed E-state index contributed by atoms with van der Waals surface area (Å²) in [5.74, 6) is 1.20. The molecule has 2 saturated carbocycles. The molecule has 0 atom stereocenters.